The number of hydrogen-bond acceptors (Lipinski definition) is 5. The Morgan fingerprint density at radius 2 is 1.92 bits per heavy atom. The van der Waals surface area contributed by atoms with E-state index >= 15 is 0 Å². The predicted octanol–water partition coefficient (Wildman–Crippen LogP) is 2.04. The summed E-state index contributed by atoms with van der Waals surface area (Å²) in [5.41, 5.74) is 1.41. The first-order valence-corrected chi connectivity index (χ1v) is 8.62. The van der Waals surface area contributed by atoms with Gasteiger partial charge in [0.05, 0.1) is 6.61 Å². The number of carbonyl (C=O) groups is 3. The highest BCUT2D eigenvalue weighted by Gasteiger charge is 2.41. The Balaban J connectivity index is 1.46. The van der Waals surface area contributed by atoms with Crippen LogP contribution in [0.1, 0.15) is 28.8 Å². The van der Waals surface area contributed by atoms with E-state index < -0.39 is 23.7 Å². The van der Waals surface area contributed by atoms with Gasteiger partial charge < -0.3 is 9.64 Å². The predicted molar refractivity (Wildman–Crippen MR) is 94.4 cm³/mol. The number of benzene rings is 1. The quantitative estimate of drug-likeness (QED) is 0.330. The van der Waals surface area contributed by atoms with Crippen LogP contribution in [0.4, 0.5) is 0 Å². The van der Waals surface area contributed by atoms with Gasteiger partial charge in [-0.25, -0.2) is 4.79 Å². The molecule has 0 radical (unpaired) electrons. The molecule has 1 saturated heterocycles. The Bertz CT molecular complexity index is 777. The van der Waals surface area contributed by atoms with Crippen LogP contribution >= 0.6 is 0 Å². The van der Waals surface area contributed by atoms with Gasteiger partial charge in [-0.3, -0.25) is 14.6 Å². The van der Waals surface area contributed by atoms with Gasteiger partial charge in [-0.05, 0) is 30.9 Å². The molecule has 0 N–H and O–H groups in total. The summed E-state index contributed by atoms with van der Waals surface area (Å²) < 4.78 is 5.27. The van der Waals surface area contributed by atoms with Crippen LogP contribution in [0, 0.1) is 0 Å². The molecule has 1 aromatic heterocycles. The number of rotatable bonds is 7. The van der Waals surface area contributed by atoms with Gasteiger partial charge in [-0.2, -0.15) is 0 Å². The molecule has 2 aromatic rings. The summed E-state index contributed by atoms with van der Waals surface area (Å²) in [4.78, 5) is 42.0. The molecular weight excluding hydrogens is 332 g/mol. The van der Waals surface area contributed by atoms with Gasteiger partial charge in [-0.15, -0.1) is 0 Å². The van der Waals surface area contributed by atoms with E-state index in [9.17, 15) is 14.4 Å². The Morgan fingerprint density at radius 3 is 2.58 bits per heavy atom. The SMILES string of the molecule is O=C(C(=O)N1CC[C@H]1C(=O)OCCCc1cccnc1)c1ccccc1. The lowest BCUT2D eigenvalue weighted by Crippen LogP contribution is -2.57. The van der Waals surface area contributed by atoms with Gasteiger partial charge >= 0.3 is 5.97 Å². The summed E-state index contributed by atoms with van der Waals surface area (Å²) >= 11 is 0. The number of aryl methyl sites for hydroxylation is 1. The largest absolute Gasteiger partial charge is 0.464 e. The van der Waals surface area contributed by atoms with Crippen molar-refractivity contribution in [3.63, 3.8) is 0 Å². The molecule has 1 aromatic carbocycles. The lowest BCUT2D eigenvalue weighted by molar-refractivity contribution is -0.160. The number of nitrogens with zero attached hydrogens (tertiary/aromatic N) is 2. The van der Waals surface area contributed by atoms with Crippen LogP contribution in [0.2, 0.25) is 0 Å². The van der Waals surface area contributed by atoms with Crippen molar-refractivity contribution in [2.75, 3.05) is 13.2 Å². The number of carbonyl (C=O) groups excluding carboxylic acids is 3. The fraction of sp³-hybridized carbons (Fsp3) is 0.300. The number of ether oxygens (including phenoxy) is 1. The van der Waals surface area contributed by atoms with Crippen LogP contribution in [0.25, 0.3) is 0 Å². The number of hydrogen-bond donors (Lipinski definition) is 0. The van der Waals surface area contributed by atoms with Crippen molar-refractivity contribution in [3.05, 3.63) is 66.0 Å². The highest BCUT2D eigenvalue weighted by Crippen LogP contribution is 2.20. The molecule has 0 unspecified atom stereocenters. The van der Waals surface area contributed by atoms with Crippen LogP contribution in [0.5, 0.6) is 0 Å². The minimum Gasteiger partial charge on any atom is -0.464 e. The molecule has 134 valence electrons. The van der Waals surface area contributed by atoms with Crippen molar-refractivity contribution in [2.24, 2.45) is 0 Å². The summed E-state index contributed by atoms with van der Waals surface area (Å²) in [7, 11) is 0. The summed E-state index contributed by atoms with van der Waals surface area (Å²) in [6.07, 6.45) is 5.46. The molecule has 0 aliphatic carbocycles. The first-order valence-electron chi connectivity index (χ1n) is 8.62. The molecule has 1 fully saturated rings. The number of Topliss-reactive ketones (excluding diaryl/α,β-unsaturated/α-hetero) is 1. The van der Waals surface area contributed by atoms with Gasteiger partial charge in [0.1, 0.15) is 6.04 Å². The molecule has 1 atom stereocenters. The zero-order chi connectivity index (χ0) is 18.4. The second kappa shape index (κ2) is 8.38. The Kier molecular flexibility index (Phi) is 5.73. The maximum absolute atomic E-state index is 12.3. The third kappa shape index (κ3) is 4.14. The van der Waals surface area contributed by atoms with Crippen LogP contribution in [-0.2, 0) is 20.7 Å². The van der Waals surface area contributed by atoms with Gasteiger partial charge in [0.25, 0.3) is 5.91 Å². The van der Waals surface area contributed by atoms with Crippen molar-refractivity contribution in [1.82, 2.24) is 9.88 Å². The monoisotopic (exact) mass is 352 g/mol. The first kappa shape index (κ1) is 17.8. The van der Waals surface area contributed by atoms with Gasteiger partial charge in [0, 0.05) is 24.5 Å². The lowest BCUT2D eigenvalue weighted by atomic mass is 10.0. The summed E-state index contributed by atoms with van der Waals surface area (Å²) in [6.45, 7) is 0.672. The van der Waals surface area contributed by atoms with Gasteiger partial charge in [-0.1, -0.05) is 36.4 Å². The molecule has 3 rings (SSSR count). The molecule has 26 heavy (non-hydrogen) atoms. The van der Waals surface area contributed by atoms with Crippen molar-refractivity contribution < 1.29 is 19.1 Å². The minimum atomic E-state index is -0.659. The molecule has 0 bridgehead atoms. The molecule has 1 amide bonds. The second-order valence-corrected chi connectivity index (χ2v) is 6.13. The Labute approximate surface area is 151 Å². The van der Waals surface area contributed by atoms with E-state index in [2.05, 4.69) is 4.98 Å². The van der Waals surface area contributed by atoms with Crippen molar-refractivity contribution >= 4 is 17.7 Å². The highest BCUT2D eigenvalue weighted by atomic mass is 16.5. The van der Waals surface area contributed by atoms with Crippen molar-refractivity contribution in [3.8, 4) is 0 Å². The topological polar surface area (TPSA) is 76.6 Å². The Hall–Kier alpha value is -3.02. The normalized spacial score (nSPS) is 15.8. The van der Waals surface area contributed by atoms with Crippen LogP contribution in [0.15, 0.2) is 54.9 Å². The number of pyridine rings is 1. The fourth-order valence-electron chi connectivity index (χ4n) is 2.81. The summed E-state index contributed by atoms with van der Waals surface area (Å²) in [6, 6.07) is 11.5. The molecule has 0 spiro atoms. The van der Waals surface area contributed by atoms with E-state index in [1.807, 2.05) is 12.1 Å². The van der Waals surface area contributed by atoms with E-state index in [1.54, 1.807) is 42.7 Å². The average Bonchev–Trinajstić information content (AvgIpc) is 2.65. The summed E-state index contributed by atoms with van der Waals surface area (Å²) in [5, 5.41) is 0. The molecule has 2 heterocycles. The van der Waals surface area contributed by atoms with Gasteiger partial charge in [0.2, 0.25) is 5.78 Å². The van der Waals surface area contributed by atoms with Crippen LogP contribution < -0.4 is 0 Å². The van der Waals surface area contributed by atoms with Crippen molar-refractivity contribution in [2.45, 2.75) is 25.3 Å². The van der Waals surface area contributed by atoms with E-state index in [-0.39, 0.29) is 6.61 Å². The van der Waals surface area contributed by atoms with E-state index in [0.29, 0.717) is 24.9 Å². The number of esters is 1. The van der Waals surface area contributed by atoms with E-state index in [4.69, 9.17) is 4.74 Å². The molecule has 0 saturated carbocycles. The maximum atomic E-state index is 12.3. The summed E-state index contributed by atoms with van der Waals surface area (Å²) in [5.74, 6) is -1.70. The molecular formula is C20H20N2O4. The zero-order valence-electron chi connectivity index (χ0n) is 14.3. The Morgan fingerprint density at radius 1 is 1.12 bits per heavy atom. The standard InChI is InChI=1S/C20H20N2O4/c23-18(16-8-2-1-3-9-16)19(24)22-12-10-17(22)20(25)26-13-5-7-15-6-4-11-21-14-15/h1-4,6,8-9,11,14,17H,5,7,10,12-13H2/t17-/m0/s1. The lowest BCUT2D eigenvalue weighted by Gasteiger charge is -2.38. The second-order valence-electron chi connectivity index (χ2n) is 6.13. The number of ketones is 1. The number of likely N-dealkylation sites (tertiary alicyclic amines) is 1. The number of aromatic nitrogens is 1. The van der Waals surface area contributed by atoms with E-state index in [1.165, 1.54) is 4.90 Å². The molecule has 1 aliphatic heterocycles. The fourth-order valence-corrected chi connectivity index (χ4v) is 2.81. The minimum absolute atomic E-state index is 0.277. The van der Waals surface area contributed by atoms with Crippen LogP contribution in [0.3, 0.4) is 0 Å². The van der Waals surface area contributed by atoms with Gasteiger partial charge in [0.15, 0.2) is 0 Å². The highest BCUT2D eigenvalue weighted by molar-refractivity contribution is 6.43. The number of amides is 1. The first-order chi connectivity index (χ1) is 12.7. The third-order valence-electron chi connectivity index (χ3n) is 4.36. The van der Waals surface area contributed by atoms with Crippen LogP contribution in [-0.4, -0.2) is 46.7 Å². The van der Waals surface area contributed by atoms with Crippen molar-refractivity contribution in [1.29, 1.82) is 0 Å². The maximum Gasteiger partial charge on any atom is 0.328 e. The zero-order valence-corrected chi connectivity index (χ0v) is 14.3. The molecule has 6 nitrogen and oxygen atoms in total. The third-order valence-corrected chi connectivity index (χ3v) is 4.36. The van der Waals surface area contributed by atoms with E-state index in [0.717, 1.165) is 12.0 Å². The molecule has 1 aliphatic rings. The average molecular weight is 352 g/mol. The smallest absolute Gasteiger partial charge is 0.328 e. The molecule has 6 heteroatoms.